The first-order chi connectivity index (χ1) is 17.4. The first kappa shape index (κ1) is 32.7. The maximum absolute atomic E-state index is 12.8. The van der Waals surface area contributed by atoms with Crippen LogP contribution in [-0.4, -0.2) is 45.8 Å². The highest BCUT2D eigenvalue weighted by Crippen LogP contribution is 2.31. The SMILES string of the molecule is COCCCOc1cc(C[C@@H](CCCC[C@H](C(=O)NCC(C)(C)C(N)=O)C(C)C)C(C)C)ccc1OC. The van der Waals surface area contributed by atoms with Crippen LogP contribution in [-0.2, 0) is 20.7 Å². The smallest absolute Gasteiger partial charge is 0.224 e. The molecule has 1 rings (SSSR count). The van der Waals surface area contributed by atoms with Gasteiger partial charge in [-0.05, 0) is 68.6 Å². The zero-order valence-corrected chi connectivity index (χ0v) is 24.5. The Bertz CT molecular complexity index is 822. The summed E-state index contributed by atoms with van der Waals surface area (Å²) in [6.45, 7) is 13.8. The number of carbonyl (C=O) groups excluding carboxylic acids is 2. The number of carbonyl (C=O) groups is 2. The van der Waals surface area contributed by atoms with Gasteiger partial charge in [-0.2, -0.15) is 0 Å². The molecule has 1 aromatic rings. The molecular formula is C30H52N2O5. The van der Waals surface area contributed by atoms with Crippen molar-refractivity contribution in [3.63, 3.8) is 0 Å². The van der Waals surface area contributed by atoms with E-state index in [0.29, 0.717) is 25.0 Å². The molecule has 212 valence electrons. The van der Waals surface area contributed by atoms with E-state index >= 15 is 0 Å². The first-order valence-corrected chi connectivity index (χ1v) is 13.8. The van der Waals surface area contributed by atoms with Crippen molar-refractivity contribution >= 4 is 11.8 Å². The Morgan fingerprint density at radius 1 is 0.946 bits per heavy atom. The fourth-order valence-electron chi connectivity index (χ4n) is 4.38. The topological polar surface area (TPSA) is 99.9 Å². The van der Waals surface area contributed by atoms with Crippen LogP contribution < -0.4 is 20.5 Å². The molecule has 0 fully saturated rings. The summed E-state index contributed by atoms with van der Waals surface area (Å²) < 4.78 is 16.6. The minimum absolute atomic E-state index is 0.0148. The lowest BCUT2D eigenvalue weighted by molar-refractivity contribution is -0.129. The minimum atomic E-state index is -0.752. The monoisotopic (exact) mass is 520 g/mol. The van der Waals surface area contributed by atoms with Gasteiger partial charge in [-0.15, -0.1) is 0 Å². The lowest BCUT2D eigenvalue weighted by Gasteiger charge is -2.25. The number of hydrogen-bond donors (Lipinski definition) is 2. The van der Waals surface area contributed by atoms with E-state index in [-0.39, 0.29) is 24.3 Å². The number of nitrogens with two attached hydrogens (primary N) is 1. The second-order valence-corrected chi connectivity index (χ2v) is 11.5. The lowest BCUT2D eigenvalue weighted by Crippen LogP contribution is -2.44. The molecule has 37 heavy (non-hydrogen) atoms. The molecule has 0 spiro atoms. The van der Waals surface area contributed by atoms with Crippen LogP contribution in [0.25, 0.3) is 0 Å². The van der Waals surface area contributed by atoms with Crippen LogP contribution in [0.2, 0.25) is 0 Å². The summed E-state index contributed by atoms with van der Waals surface area (Å²) >= 11 is 0. The van der Waals surface area contributed by atoms with E-state index in [9.17, 15) is 9.59 Å². The zero-order chi connectivity index (χ0) is 28.0. The number of hydrogen-bond acceptors (Lipinski definition) is 5. The minimum Gasteiger partial charge on any atom is -0.493 e. The van der Waals surface area contributed by atoms with Gasteiger partial charge in [0.05, 0.1) is 19.1 Å². The third-order valence-electron chi connectivity index (χ3n) is 7.27. The van der Waals surface area contributed by atoms with Crippen LogP contribution in [0.3, 0.4) is 0 Å². The van der Waals surface area contributed by atoms with Crippen molar-refractivity contribution < 1.29 is 23.8 Å². The Balaban J connectivity index is 2.67. The molecule has 0 aliphatic rings. The average molecular weight is 521 g/mol. The Labute approximate surface area is 225 Å². The van der Waals surface area contributed by atoms with Gasteiger partial charge < -0.3 is 25.3 Å². The van der Waals surface area contributed by atoms with Gasteiger partial charge in [-0.1, -0.05) is 46.6 Å². The van der Waals surface area contributed by atoms with E-state index in [0.717, 1.165) is 50.0 Å². The Kier molecular flexibility index (Phi) is 14.6. The molecule has 2 atom stereocenters. The van der Waals surface area contributed by atoms with Crippen molar-refractivity contribution in [3.8, 4) is 11.5 Å². The Morgan fingerprint density at radius 2 is 1.62 bits per heavy atom. The van der Waals surface area contributed by atoms with Gasteiger partial charge >= 0.3 is 0 Å². The average Bonchev–Trinajstić information content (AvgIpc) is 2.84. The molecule has 0 unspecified atom stereocenters. The quantitative estimate of drug-likeness (QED) is 0.238. The van der Waals surface area contributed by atoms with Crippen LogP contribution in [0, 0.1) is 29.1 Å². The lowest BCUT2D eigenvalue weighted by atomic mass is 9.83. The van der Waals surface area contributed by atoms with Crippen molar-refractivity contribution in [2.75, 3.05) is 34.0 Å². The van der Waals surface area contributed by atoms with Crippen molar-refractivity contribution in [3.05, 3.63) is 23.8 Å². The molecule has 0 saturated heterocycles. The second kappa shape index (κ2) is 16.5. The fourth-order valence-corrected chi connectivity index (χ4v) is 4.38. The molecular weight excluding hydrogens is 468 g/mol. The molecule has 2 amide bonds. The summed E-state index contributed by atoms with van der Waals surface area (Å²) in [4.78, 5) is 24.4. The predicted molar refractivity (Wildman–Crippen MR) is 150 cm³/mol. The molecule has 3 N–H and O–H groups in total. The molecule has 1 aromatic carbocycles. The number of unbranched alkanes of at least 4 members (excludes halogenated alkanes) is 1. The molecule has 7 heteroatoms. The number of rotatable bonds is 19. The zero-order valence-electron chi connectivity index (χ0n) is 24.5. The second-order valence-electron chi connectivity index (χ2n) is 11.5. The number of primary amides is 1. The molecule has 0 saturated carbocycles. The van der Waals surface area contributed by atoms with E-state index < -0.39 is 11.3 Å². The highest BCUT2D eigenvalue weighted by molar-refractivity contribution is 5.82. The first-order valence-electron chi connectivity index (χ1n) is 13.8. The molecule has 0 aromatic heterocycles. The number of amides is 2. The van der Waals surface area contributed by atoms with Gasteiger partial charge in [0.1, 0.15) is 0 Å². The van der Waals surface area contributed by atoms with Gasteiger partial charge in [0, 0.05) is 32.6 Å². The molecule has 0 radical (unpaired) electrons. The summed E-state index contributed by atoms with van der Waals surface area (Å²) in [7, 11) is 3.36. The normalized spacial score (nSPS) is 13.5. The molecule has 7 nitrogen and oxygen atoms in total. The van der Waals surface area contributed by atoms with Gasteiger partial charge in [0.15, 0.2) is 11.5 Å². The molecule has 0 heterocycles. The standard InChI is InChI=1S/C30H52N2O5/c1-21(2)24(18-23-14-15-26(36-8)27(19-23)37-17-11-16-35-7)12-9-10-13-25(22(3)4)28(33)32-20-30(5,6)29(31)34/h14-15,19,21-22,24-25H,9-13,16-18,20H2,1-8H3,(H2,31,34)(H,32,33)/t24-,25+/m1/s1. The van der Waals surface area contributed by atoms with Crippen molar-refractivity contribution in [1.29, 1.82) is 0 Å². The Hall–Kier alpha value is -2.28. The summed E-state index contributed by atoms with van der Waals surface area (Å²) in [5.74, 6) is 2.39. The van der Waals surface area contributed by atoms with Gasteiger partial charge in [0.2, 0.25) is 11.8 Å². The van der Waals surface area contributed by atoms with Crippen LogP contribution in [0.1, 0.15) is 79.2 Å². The molecule has 0 aliphatic carbocycles. The summed E-state index contributed by atoms with van der Waals surface area (Å²) in [5.41, 5.74) is 5.94. The number of ether oxygens (including phenoxy) is 3. The maximum atomic E-state index is 12.8. The van der Waals surface area contributed by atoms with Crippen LogP contribution in [0.5, 0.6) is 11.5 Å². The maximum Gasteiger partial charge on any atom is 0.224 e. The van der Waals surface area contributed by atoms with E-state index in [1.54, 1.807) is 28.1 Å². The number of benzene rings is 1. The van der Waals surface area contributed by atoms with E-state index in [4.69, 9.17) is 19.9 Å². The highest BCUT2D eigenvalue weighted by atomic mass is 16.5. The molecule has 0 aliphatic heterocycles. The van der Waals surface area contributed by atoms with Crippen molar-refractivity contribution in [1.82, 2.24) is 5.32 Å². The van der Waals surface area contributed by atoms with Gasteiger partial charge in [0.25, 0.3) is 0 Å². The van der Waals surface area contributed by atoms with Gasteiger partial charge in [-0.3, -0.25) is 9.59 Å². The van der Waals surface area contributed by atoms with Crippen molar-refractivity contribution in [2.24, 2.45) is 34.8 Å². The molecule has 0 bridgehead atoms. The summed E-state index contributed by atoms with van der Waals surface area (Å²) in [5, 5.41) is 2.95. The predicted octanol–water partition coefficient (Wildman–Crippen LogP) is 5.39. The van der Waals surface area contributed by atoms with Crippen LogP contribution in [0.4, 0.5) is 0 Å². The van der Waals surface area contributed by atoms with Crippen LogP contribution in [0.15, 0.2) is 18.2 Å². The van der Waals surface area contributed by atoms with Crippen LogP contribution >= 0.6 is 0 Å². The summed E-state index contributed by atoms with van der Waals surface area (Å²) in [6, 6.07) is 6.22. The van der Waals surface area contributed by atoms with E-state index in [1.807, 2.05) is 6.07 Å². The third-order valence-corrected chi connectivity index (χ3v) is 7.27. The number of methoxy groups -OCH3 is 2. The van der Waals surface area contributed by atoms with Gasteiger partial charge in [-0.25, -0.2) is 0 Å². The highest BCUT2D eigenvalue weighted by Gasteiger charge is 2.28. The number of nitrogens with one attached hydrogen (secondary N) is 1. The third kappa shape index (κ3) is 11.8. The van der Waals surface area contributed by atoms with E-state index in [2.05, 4.69) is 45.1 Å². The Morgan fingerprint density at radius 3 is 2.19 bits per heavy atom. The summed E-state index contributed by atoms with van der Waals surface area (Å²) in [6.07, 6.45) is 5.82. The van der Waals surface area contributed by atoms with Crippen molar-refractivity contribution in [2.45, 2.75) is 80.1 Å². The van der Waals surface area contributed by atoms with E-state index in [1.165, 1.54) is 5.56 Å². The largest absolute Gasteiger partial charge is 0.493 e. The fraction of sp³-hybridized carbons (Fsp3) is 0.733.